The van der Waals surface area contributed by atoms with Gasteiger partial charge in [-0.1, -0.05) is 22.0 Å². The van der Waals surface area contributed by atoms with Crippen LogP contribution in [0.5, 0.6) is 5.88 Å². The summed E-state index contributed by atoms with van der Waals surface area (Å²) in [6.07, 6.45) is 2.84. The number of nitrogens with zero attached hydrogens (tertiary/aromatic N) is 1. The van der Waals surface area contributed by atoms with Crippen LogP contribution in [0.4, 0.5) is 0 Å². The van der Waals surface area contributed by atoms with Crippen LogP contribution in [0.15, 0.2) is 18.3 Å². The molecule has 1 aromatic rings. The molecule has 0 aliphatic carbocycles. The van der Waals surface area contributed by atoms with Gasteiger partial charge in [-0.15, -0.1) is 0 Å². The van der Waals surface area contributed by atoms with E-state index < -0.39 is 0 Å². The second-order valence-electron chi connectivity index (χ2n) is 2.15. The van der Waals surface area contributed by atoms with Gasteiger partial charge in [0.15, 0.2) is 0 Å². The first kappa shape index (κ1) is 8.53. The van der Waals surface area contributed by atoms with E-state index in [1.54, 1.807) is 7.11 Å². The van der Waals surface area contributed by atoms with Gasteiger partial charge < -0.3 is 4.74 Å². The number of ether oxygens (including phenoxy) is 1. The van der Waals surface area contributed by atoms with Crippen LogP contribution in [-0.4, -0.2) is 17.4 Å². The fraction of sp³-hybridized carbons (Fsp3) is 0.375. The molecule has 1 rings (SSSR count). The minimum atomic E-state index is 0.670. The highest BCUT2D eigenvalue weighted by atomic mass is 79.9. The average Bonchev–Trinajstić information content (AvgIpc) is 2.07. The molecule has 0 radical (unpaired) electrons. The number of halogens is 1. The number of hydrogen-bond acceptors (Lipinski definition) is 2. The first-order chi connectivity index (χ1) is 5.36. The molecule has 0 bridgehead atoms. The van der Waals surface area contributed by atoms with Crippen LogP contribution in [-0.2, 0) is 6.42 Å². The third-order valence-electron chi connectivity index (χ3n) is 1.39. The van der Waals surface area contributed by atoms with Crippen LogP contribution in [0.3, 0.4) is 0 Å². The second-order valence-corrected chi connectivity index (χ2v) is 2.94. The molecule has 0 unspecified atom stereocenters. The molecule has 0 atom stereocenters. The van der Waals surface area contributed by atoms with E-state index in [1.165, 1.54) is 5.56 Å². The molecule has 0 saturated carbocycles. The SMILES string of the molecule is COc1ccc(CCBr)cn1. The minimum absolute atomic E-state index is 0.670. The Labute approximate surface area is 74.7 Å². The Morgan fingerprint density at radius 1 is 1.55 bits per heavy atom. The number of rotatable bonds is 3. The molecule has 1 heterocycles. The van der Waals surface area contributed by atoms with Gasteiger partial charge in [-0.3, -0.25) is 0 Å². The van der Waals surface area contributed by atoms with Gasteiger partial charge in [-0.05, 0) is 12.0 Å². The molecule has 0 aliphatic rings. The summed E-state index contributed by atoms with van der Waals surface area (Å²) in [5.41, 5.74) is 1.22. The molecule has 3 heteroatoms. The maximum Gasteiger partial charge on any atom is 0.212 e. The van der Waals surface area contributed by atoms with Gasteiger partial charge in [0.2, 0.25) is 5.88 Å². The van der Waals surface area contributed by atoms with Crippen LogP contribution in [0.25, 0.3) is 0 Å². The fourth-order valence-corrected chi connectivity index (χ4v) is 1.25. The summed E-state index contributed by atoms with van der Waals surface area (Å²) < 4.78 is 4.92. The zero-order valence-electron chi connectivity index (χ0n) is 6.38. The maximum absolute atomic E-state index is 4.92. The van der Waals surface area contributed by atoms with Gasteiger partial charge in [0.05, 0.1) is 7.11 Å². The quantitative estimate of drug-likeness (QED) is 0.721. The van der Waals surface area contributed by atoms with Crippen molar-refractivity contribution in [3.05, 3.63) is 23.9 Å². The molecule has 11 heavy (non-hydrogen) atoms. The lowest BCUT2D eigenvalue weighted by Gasteiger charge is -1.99. The highest BCUT2D eigenvalue weighted by Crippen LogP contribution is 2.07. The van der Waals surface area contributed by atoms with Crippen LogP contribution in [0.1, 0.15) is 5.56 Å². The van der Waals surface area contributed by atoms with Gasteiger partial charge in [0.1, 0.15) is 0 Å². The summed E-state index contributed by atoms with van der Waals surface area (Å²) in [6.45, 7) is 0. The Hall–Kier alpha value is -0.570. The van der Waals surface area contributed by atoms with Crippen LogP contribution >= 0.6 is 15.9 Å². The number of aromatic nitrogens is 1. The van der Waals surface area contributed by atoms with Gasteiger partial charge in [0.25, 0.3) is 0 Å². The molecule has 0 N–H and O–H groups in total. The number of alkyl halides is 1. The van der Waals surface area contributed by atoms with Gasteiger partial charge in [-0.25, -0.2) is 4.98 Å². The van der Waals surface area contributed by atoms with E-state index >= 15 is 0 Å². The molecular formula is C8H10BrNO. The van der Waals surface area contributed by atoms with Crippen molar-refractivity contribution in [2.75, 3.05) is 12.4 Å². The molecule has 0 aromatic carbocycles. The Bertz CT molecular complexity index is 210. The summed E-state index contributed by atoms with van der Waals surface area (Å²) in [5, 5.41) is 0.973. The Morgan fingerprint density at radius 3 is 2.82 bits per heavy atom. The zero-order chi connectivity index (χ0) is 8.10. The third kappa shape index (κ3) is 2.50. The molecule has 2 nitrogen and oxygen atoms in total. The molecule has 60 valence electrons. The van der Waals surface area contributed by atoms with Crippen LogP contribution < -0.4 is 4.74 Å². The first-order valence-corrected chi connectivity index (χ1v) is 4.54. The standard InChI is InChI=1S/C8H10BrNO/c1-11-8-3-2-7(4-5-9)6-10-8/h2-3,6H,4-5H2,1H3. The number of aryl methyl sites for hydroxylation is 1. The number of hydrogen-bond donors (Lipinski definition) is 0. The van der Waals surface area contributed by atoms with E-state index in [9.17, 15) is 0 Å². The zero-order valence-corrected chi connectivity index (χ0v) is 7.97. The fourth-order valence-electron chi connectivity index (χ4n) is 0.789. The minimum Gasteiger partial charge on any atom is -0.481 e. The predicted octanol–water partition coefficient (Wildman–Crippen LogP) is 2.03. The Balaban J connectivity index is 2.66. The highest BCUT2D eigenvalue weighted by molar-refractivity contribution is 9.09. The highest BCUT2D eigenvalue weighted by Gasteiger charge is 1.93. The van der Waals surface area contributed by atoms with Crippen molar-refractivity contribution in [3.8, 4) is 5.88 Å². The van der Waals surface area contributed by atoms with Gasteiger partial charge >= 0.3 is 0 Å². The Kier molecular flexibility index (Phi) is 3.36. The van der Waals surface area contributed by atoms with Crippen molar-refractivity contribution in [1.82, 2.24) is 4.98 Å². The lowest BCUT2D eigenvalue weighted by molar-refractivity contribution is 0.397. The molecular weight excluding hydrogens is 206 g/mol. The largest absolute Gasteiger partial charge is 0.481 e. The summed E-state index contributed by atoms with van der Waals surface area (Å²) in [6, 6.07) is 3.89. The molecule has 1 aromatic heterocycles. The van der Waals surface area contributed by atoms with E-state index in [0.717, 1.165) is 11.8 Å². The van der Waals surface area contributed by atoms with E-state index in [4.69, 9.17) is 4.74 Å². The van der Waals surface area contributed by atoms with E-state index in [2.05, 4.69) is 20.9 Å². The van der Waals surface area contributed by atoms with Crippen molar-refractivity contribution >= 4 is 15.9 Å². The molecule has 0 spiro atoms. The van der Waals surface area contributed by atoms with E-state index in [-0.39, 0.29) is 0 Å². The molecule has 0 amide bonds. The van der Waals surface area contributed by atoms with Crippen molar-refractivity contribution in [1.29, 1.82) is 0 Å². The van der Waals surface area contributed by atoms with Crippen LogP contribution in [0.2, 0.25) is 0 Å². The molecule has 0 fully saturated rings. The normalized spacial score (nSPS) is 9.64. The topological polar surface area (TPSA) is 22.1 Å². The van der Waals surface area contributed by atoms with Crippen molar-refractivity contribution in [2.45, 2.75) is 6.42 Å². The summed E-state index contributed by atoms with van der Waals surface area (Å²) in [7, 11) is 1.62. The average molecular weight is 216 g/mol. The Morgan fingerprint density at radius 2 is 2.36 bits per heavy atom. The van der Waals surface area contributed by atoms with E-state index in [0.29, 0.717) is 5.88 Å². The summed E-state index contributed by atoms with van der Waals surface area (Å²) in [4.78, 5) is 4.07. The monoisotopic (exact) mass is 215 g/mol. The van der Waals surface area contributed by atoms with E-state index in [1.807, 2.05) is 18.3 Å². The lowest BCUT2D eigenvalue weighted by Crippen LogP contribution is -1.90. The predicted molar refractivity (Wildman–Crippen MR) is 48.3 cm³/mol. The number of pyridine rings is 1. The third-order valence-corrected chi connectivity index (χ3v) is 1.79. The van der Waals surface area contributed by atoms with Gasteiger partial charge in [-0.2, -0.15) is 0 Å². The van der Waals surface area contributed by atoms with Crippen molar-refractivity contribution in [2.24, 2.45) is 0 Å². The number of methoxy groups -OCH3 is 1. The first-order valence-electron chi connectivity index (χ1n) is 3.41. The summed E-state index contributed by atoms with van der Waals surface area (Å²) in [5.74, 6) is 0.670. The van der Waals surface area contributed by atoms with Gasteiger partial charge in [0, 0.05) is 17.6 Å². The summed E-state index contributed by atoms with van der Waals surface area (Å²) >= 11 is 3.36. The lowest BCUT2D eigenvalue weighted by atomic mass is 10.2. The molecule has 0 aliphatic heterocycles. The molecule has 0 saturated heterocycles. The van der Waals surface area contributed by atoms with Crippen LogP contribution in [0, 0.1) is 0 Å². The smallest absolute Gasteiger partial charge is 0.212 e. The van der Waals surface area contributed by atoms with Crippen molar-refractivity contribution < 1.29 is 4.74 Å². The van der Waals surface area contributed by atoms with Crippen molar-refractivity contribution in [3.63, 3.8) is 0 Å². The maximum atomic E-state index is 4.92. The second kappa shape index (κ2) is 4.34.